The molecule has 1 heterocycles. The molecule has 7 nitrogen and oxygen atoms in total. The van der Waals surface area contributed by atoms with E-state index in [9.17, 15) is 14.4 Å². The molecule has 3 aromatic carbocycles. The van der Waals surface area contributed by atoms with Crippen LogP contribution < -0.4 is 14.8 Å². The summed E-state index contributed by atoms with van der Waals surface area (Å²) in [6.07, 6.45) is 1.62. The summed E-state index contributed by atoms with van der Waals surface area (Å²) in [5, 5.41) is 2.19. The summed E-state index contributed by atoms with van der Waals surface area (Å²) in [7, 11) is 0. The van der Waals surface area contributed by atoms with E-state index in [1.165, 1.54) is 0 Å². The molecular formula is C27H21Br2IN2O5S. The van der Waals surface area contributed by atoms with Crippen molar-refractivity contribution in [1.29, 1.82) is 0 Å². The van der Waals surface area contributed by atoms with E-state index >= 15 is 0 Å². The van der Waals surface area contributed by atoms with Crippen LogP contribution in [0.2, 0.25) is 0 Å². The van der Waals surface area contributed by atoms with E-state index in [0.717, 1.165) is 25.8 Å². The van der Waals surface area contributed by atoms with Gasteiger partial charge in [-0.1, -0.05) is 12.1 Å². The van der Waals surface area contributed by atoms with E-state index in [1.807, 2.05) is 31.2 Å². The van der Waals surface area contributed by atoms with Crippen LogP contribution in [0.1, 0.15) is 18.1 Å². The standard InChI is InChI=1S/C27H21Br2IN2O5S/c1-2-36-20-9-7-19(8-10-20)31-24(33)14-32-26(34)23(38-27(32)35)13-17-11-21(28)25(22(29)12-17)37-15-16-3-5-18(30)6-4-16/h3-13H,2,14-15H2,1H3,(H,31,33)/b23-13+. The van der Waals surface area contributed by atoms with Crippen LogP contribution in [-0.4, -0.2) is 35.1 Å². The van der Waals surface area contributed by atoms with Gasteiger partial charge in [0, 0.05) is 9.26 Å². The molecule has 0 spiro atoms. The number of benzene rings is 3. The molecule has 38 heavy (non-hydrogen) atoms. The van der Waals surface area contributed by atoms with Gasteiger partial charge in [-0.05, 0) is 139 Å². The molecule has 1 N–H and O–H groups in total. The van der Waals surface area contributed by atoms with Crippen molar-refractivity contribution in [3.63, 3.8) is 0 Å². The molecule has 1 fully saturated rings. The summed E-state index contributed by atoms with van der Waals surface area (Å²) < 4.78 is 13.9. The monoisotopic (exact) mass is 770 g/mol. The summed E-state index contributed by atoms with van der Waals surface area (Å²) in [5.41, 5.74) is 2.27. The number of carbonyl (C=O) groups excluding carboxylic acids is 3. The first-order valence-electron chi connectivity index (χ1n) is 11.4. The lowest BCUT2D eigenvalue weighted by molar-refractivity contribution is -0.127. The fraction of sp³-hybridized carbons (Fsp3) is 0.148. The number of nitrogens with zero attached hydrogens (tertiary/aromatic N) is 1. The molecule has 0 unspecified atom stereocenters. The number of carbonyl (C=O) groups is 3. The zero-order valence-electron chi connectivity index (χ0n) is 20.0. The molecule has 1 saturated heterocycles. The Morgan fingerprint density at radius 3 is 2.32 bits per heavy atom. The van der Waals surface area contributed by atoms with Gasteiger partial charge >= 0.3 is 0 Å². The number of hydrogen-bond acceptors (Lipinski definition) is 6. The predicted molar refractivity (Wildman–Crippen MR) is 164 cm³/mol. The van der Waals surface area contributed by atoms with Crippen LogP contribution >= 0.6 is 66.2 Å². The number of ether oxygens (including phenoxy) is 2. The zero-order chi connectivity index (χ0) is 27.2. The maximum atomic E-state index is 12.9. The van der Waals surface area contributed by atoms with Crippen molar-refractivity contribution >= 4 is 95.0 Å². The minimum atomic E-state index is -0.520. The van der Waals surface area contributed by atoms with Crippen LogP contribution in [0.3, 0.4) is 0 Å². The van der Waals surface area contributed by atoms with Crippen molar-refractivity contribution in [2.45, 2.75) is 13.5 Å². The van der Waals surface area contributed by atoms with E-state index in [0.29, 0.717) is 44.9 Å². The quantitative estimate of drug-likeness (QED) is 0.180. The number of hydrogen-bond donors (Lipinski definition) is 1. The Morgan fingerprint density at radius 1 is 1.03 bits per heavy atom. The lowest BCUT2D eigenvalue weighted by Gasteiger charge is -2.13. The number of imide groups is 1. The third-order valence-electron chi connectivity index (χ3n) is 5.24. The van der Waals surface area contributed by atoms with Crippen molar-refractivity contribution in [2.24, 2.45) is 0 Å². The van der Waals surface area contributed by atoms with Gasteiger partial charge in [0.15, 0.2) is 0 Å². The first kappa shape index (κ1) is 28.7. The van der Waals surface area contributed by atoms with E-state index < -0.39 is 17.1 Å². The SMILES string of the molecule is CCOc1ccc(NC(=O)CN2C(=O)S/C(=C/c3cc(Br)c(OCc4ccc(I)cc4)c(Br)c3)C2=O)cc1. The number of thioether (sulfide) groups is 1. The molecule has 0 saturated carbocycles. The Hall–Kier alpha value is -2.35. The Morgan fingerprint density at radius 2 is 1.68 bits per heavy atom. The van der Waals surface area contributed by atoms with Crippen LogP contribution in [0, 0.1) is 3.57 Å². The Labute approximate surface area is 254 Å². The summed E-state index contributed by atoms with van der Waals surface area (Å²) in [4.78, 5) is 39.1. The highest BCUT2D eigenvalue weighted by atomic mass is 127. The normalized spacial score (nSPS) is 14.2. The van der Waals surface area contributed by atoms with Crippen molar-refractivity contribution in [3.05, 3.63) is 89.2 Å². The van der Waals surface area contributed by atoms with E-state index in [2.05, 4.69) is 59.8 Å². The van der Waals surface area contributed by atoms with Crippen molar-refractivity contribution in [1.82, 2.24) is 4.90 Å². The van der Waals surface area contributed by atoms with E-state index in [4.69, 9.17) is 9.47 Å². The lowest BCUT2D eigenvalue weighted by Crippen LogP contribution is -2.36. The fourth-order valence-electron chi connectivity index (χ4n) is 3.47. The van der Waals surface area contributed by atoms with Crippen LogP contribution in [0.5, 0.6) is 11.5 Å². The number of anilines is 1. The minimum absolute atomic E-state index is 0.232. The van der Waals surface area contributed by atoms with Crippen molar-refractivity contribution < 1.29 is 23.9 Å². The second-order valence-electron chi connectivity index (χ2n) is 8.00. The summed E-state index contributed by atoms with van der Waals surface area (Å²) >= 11 is 10.1. The molecule has 0 aromatic heterocycles. The second kappa shape index (κ2) is 13.1. The maximum absolute atomic E-state index is 12.9. The predicted octanol–water partition coefficient (Wildman–Crippen LogP) is 7.47. The average molecular weight is 772 g/mol. The third kappa shape index (κ3) is 7.39. The van der Waals surface area contributed by atoms with Gasteiger partial charge in [-0.2, -0.15) is 0 Å². The molecule has 1 aliphatic heterocycles. The summed E-state index contributed by atoms with van der Waals surface area (Å²) in [6.45, 7) is 2.44. The highest BCUT2D eigenvalue weighted by Gasteiger charge is 2.36. The van der Waals surface area contributed by atoms with Gasteiger partial charge in [0.25, 0.3) is 11.1 Å². The molecule has 0 aliphatic carbocycles. The third-order valence-corrected chi connectivity index (χ3v) is 8.04. The zero-order valence-corrected chi connectivity index (χ0v) is 26.1. The maximum Gasteiger partial charge on any atom is 0.294 e. The minimum Gasteiger partial charge on any atom is -0.494 e. The molecule has 1 aliphatic rings. The van der Waals surface area contributed by atoms with Gasteiger partial charge < -0.3 is 14.8 Å². The smallest absolute Gasteiger partial charge is 0.294 e. The molecule has 4 rings (SSSR count). The Balaban J connectivity index is 1.40. The highest BCUT2D eigenvalue weighted by Crippen LogP contribution is 2.38. The Bertz CT molecular complexity index is 1370. The number of halogens is 3. The van der Waals surface area contributed by atoms with Gasteiger partial charge in [-0.15, -0.1) is 0 Å². The molecule has 11 heteroatoms. The largest absolute Gasteiger partial charge is 0.494 e. The average Bonchev–Trinajstić information content (AvgIpc) is 3.13. The first-order valence-corrected chi connectivity index (χ1v) is 14.9. The van der Waals surface area contributed by atoms with Crippen LogP contribution in [-0.2, 0) is 16.2 Å². The van der Waals surface area contributed by atoms with Crippen molar-refractivity contribution in [2.75, 3.05) is 18.5 Å². The van der Waals surface area contributed by atoms with Gasteiger partial charge in [0.05, 0.1) is 20.5 Å². The molecule has 0 radical (unpaired) electrons. The van der Waals surface area contributed by atoms with Crippen LogP contribution in [0.25, 0.3) is 6.08 Å². The highest BCUT2D eigenvalue weighted by molar-refractivity contribution is 14.1. The molecular weight excluding hydrogens is 751 g/mol. The van der Waals surface area contributed by atoms with Crippen LogP contribution in [0.15, 0.2) is 74.5 Å². The van der Waals surface area contributed by atoms with E-state index in [-0.39, 0.29) is 11.4 Å². The van der Waals surface area contributed by atoms with Crippen molar-refractivity contribution in [3.8, 4) is 11.5 Å². The number of amides is 3. The van der Waals surface area contributed by atoms with Gasteiger partial charge in [-0.3, -0.25) is 19.3 Å². The van der Waals surface area contributed by atoms with Crippen LogP contribution in [0.4, 0.5) is 10.5 Å². The first-order chi connectivity index (χ1) is 18.2. The molecule has 196 valence electrons. The van der Waals surface area contributed by atoms with Gasteiger partial charge in [-0.25, -0.2) is 0 Å². The second-order valence-corrected chi connectivity index (χ2v) is 11.9. The molecule has 3 amide bonds. The molecule has 3 aromatic rings. The van der Waals surface area contributed by atoms with E-state index in [1.54, 1.807) is 42.5 Å². The number of nitrogens with one attached hydrogen (secondary N) is 1. The molecule has 0 atom stereocenters. The topological polar surface area (TPSA) is 84.9 Å². The lowest BCUT2D eigenvalue weighted by atomic mass is 10.2. The number of rotatable bonds is 9. The Kier molecular flexibility index (Phi) is 9.91. The van der Waals surface area contributed by atoms with Gasteiger partial charge in [0.2, 0.25) is 5.91 Å². The summed E-state index contributed by atoms with van der Waals surface area (Å²) in [5.74, 6) is 0.316. The van der Waals surface area contributed by atoms with Gasteiger partial charge in [0.1, 0.15) is 24.7 Å². The molecule has 0 bridgehead atoms. The fourth-order valence-corrected chi connectivity index (χ4v) is 6.12. The summed E-state index contributed by atoms with van der Waals surface area (Å²) in [6, 6.07) is 18.5.